The second-order valence-electron chi connectivity index (χ2n) is 5.60. The molecule has 0 aromatic rings. The predicted octanol–water partition coefficient (Wildman–Crippen LogP) is 2.31. The van der Waals surface area contributed by atoms with Crippen molar-refractivity contribution in [3.63, 3.8) is 0 Å². The molecule has 3 atom stereocenters. The molecule has 2 heterocycles. The molecule has 2 rings (SSSR count). The fourth-order valence-electron chi connectivity index (χ4n) is 3.06. The minimum absolute atomic E-state index is 0.0873. The number of carboxylic acids is 1. The number of rotatable bonds is 8. The first-order valence-corrected chi connectivity index (χ1v) is 8.59. The number of aliphatic carboxylic acids is 1. The van der Waals surface area contributed by atoms with Gasteiger partial charge in [-0.3, -0.25) is 4.79 Å². The van der Waals surface area contributed by atoms with Crippen molar-refractivity contribution in [3.05, 3.63) is 0 Å². The summed E-state index contributed by atoms with van der Waals surface area (Å²) in [5.41, 5.74) is 0. The first-order valence-electron chi connectivity index (χ1n) is 7.54. The molecule has 5 nitrogen and oxygen atoms in total. The third-order valence-corrected chi connectivity index (χ3v) is 5.59. The van der Waals surface area contributed by atoms with E-state index in [1.165, 1.54) is 0 Å². The molecule has 6 heteroatoms. The van der Waals surface area contributed by atoms with E-state index in [2.05, 4.69) is 12.2 Å². The Labute approximate surface area is 124 Å². The Morgan fingerprint density at radius 1 is 1.45 bits per heavy atom. The zero-order valence-electron chi connectivity index (χ0n) is 12.0. The number of hydrogen-bond donors (Lipinski definition) is 2. The molecule has 2 fully saturated rings. The average Bonchev–Trinajstić information content (AvgIpc) is 2.91. The number of hydrogen-bond acceptors (Lipinski definition) is 3. The van der Waals surface area contributed by atoms with Crippen LogP contribution in [0.1, 0.15) is 45.4 Å². The van der Waals surface area contributed by atoms with Gasteiger partial charge >= 0.3 is 12.0 Å². The van der Waals surface area contributed by atoms with Crippen LogP contribution in [0.25, 0.3) is 0 Å². The molecule has 0 aliphatic carbocycles. The normalized spacial score (nSPS) is 28.6. The van der Waals surface area contributed by atoms with E-state index in [0.29, 0.717) is 11.3 Å². The second-order valence-corrected chi connectivity index (χ2v) is 6.88. The first kappa shape index (κ1) is 15.5. The van der Waals surface area contributed by atoms with Crippen LogP contribution < -0.4 is 5.32 Å². The molecule has 0 bridgehead atoms. The zero-order valence-corrected chi connectivity index (χ0v) is 12.8. The molecule has 2 N–H and O–H groups in total. The Morgan fingerprint density at radius 2 is 2.25 bits per heavy atom. The van der Waals surface area contributed by atoms with Gasteiger partial charge in [-0.2, -0.15) is 11.8 Å². The highest BCUT2D eigenvalue weighted by Gasteiger charge is 2.47. The number of amides is 2. The number of carbonyl (C=O) groups is 2. The number of thioether (sulfide) groups is 1. The van der Waals surface area contributed by atoms with Gasteiger partial charge in [0.2, 0.25) is 0 Å². The van der Waals surface area contributed by atoms with Crippen molar-refractivity contribution in [1.29, 1.82) is 0 Å². The summed E-state index contributed by atoms with van der Waals surface area (Å²) in [6, 6.07) is 0.682. The fourth-order valence-corrected chi connectivity index (χ4v) is 4.66. The molecule has 114 valence electrons. The van der Waals surface area contributed by atoms with Crippen LogP contribution in [-0.4, -0.2) is 51.6 Å². The van der Waals surface area contributed by atoms with Crippen molar-refractivity contribution in [2.45, 2.75) is 62.8 Å². The van der Waals surface area contributed by atoms with E-state index in [1.54, 1.807) is 0 Å². The third-order valence-electron chi connectivity index (χ3n) is 4.09. The zero-order chi connectivity index (χ0) is 14.5. The van der Waals surface area contributed by atoms with Crippen molar-refractivity contribution in [3.8, 4) is 0 Å². The van der Waals surface area contributed by atoms with Crippen molar-refractivity contribution in [2.75, 3.05) is 12.3 Å². The Morgan fingerprint density at radius 3 is 2.95 bits per heavy atom. The van der Waals surface area contributed by atoms with Crippen LogP contribution >= 0.6 is 11.8 Å². The lowest BCUT2D eigenvalue weighted by Crippen LogP contribution is -2.41. The van der Waals surface area contributed by atoms with Crippen LogP contribution in [0, 0.1) is 0 Å². The maximum absolute atomic E-state index is 12.0. The number of carbonyl (C=O) groups excluding carboxylic acids is 1. The van der Waals surface area contributed by atoms with Crippen LogP contribution in [-0.2, 0) is 4.79 Å². The van der Waals surface area contributed by atoms with Gasteiger partial charge in [0, 0.05) is 24.0 Å². The van der Waals surface area contributed by atoms with E-state index < -0.39 is 5.97 Å². The molecule has 0 aromatic heterocycles. The molecule has 2 aliphatic rings. The summed E-state index contributed by atoms with van der Waals surface area (Å²) < 4.78 is 0. The van der Waals surface area contributed by atoms with E-state index in [-0.39, 0.29) is 18.5 Å². The van der Waals surface area contributed by atoms with Crippen molar-refractivity contribution >= 4 is 23.8 Å². The van der Waals surface area contributed by atoms with Gasteiger partial charge in [-0.25, -0.2) is 4.79 Å². The highest BCUT2D eigenvalue weighted by Crippen LogP contribution is 2.37. The lowest BCUT2D eigenvalue weighted by Gasteiger charge is -2.27. The van der Waals surface area contributed by atoms with Gasteiger partial charge in [0.1, 0.15) is 0 Å². The largest absolute Gasteiger partial charge is 0.481 e. The van der Waals surface area contributed by atoms with Gasteiger partial charge in [-0.15, -0.1) is 0 Å². The molecule has 20 heavy (non-hydrogen) atoms. The van der Waals surface area contributed by atoms with Crippen molar-refractivity contribution < 1.29 is 14.7 Å². The summed E-state index contributed by atoms with van der Waals surface area (Å²) in [4.78, 5) is 24.5. The van der Waals surface area contributed by atoms with E-state index in [9.17, 15) is 9.59 Å². The standard InChI is InChI=1S/C14H24N2O3S/c1-2-3-8-16-13-10(15-14(16)19)9-20-11(13)6-4-5-7-12(17)18/h10-11,13H,2-9H2,1H3,(H,15,19)(H,17,18). The highest BCUT2D eigenvalue weighted by molar-refractivity contribution is 8.00. The smallest absolute Gasteiger partial charge is 0.318 e. The summed E-state index contributed by atoms with van der Waals surface area (Å²) in [6.45, 7) is 2.98. The topological polar surface area (TPSA) is 69.6 Å². The number of carboxylic acid groups (broad SMARTS) is 1. The number of urea groups is 1. The average molecular weight is 300 g/mol. The first-order chi connectivity index (χ1) is 9.63. The van der Waals surface area contributed by atoms with Crippen molar-refractivity contribution in [2.24, 2.45) is 0 Å². The maximum atomic E-state index is 12.0. The summed E-state index contributed by atoms with van der Waals surface area (Å²) in [7, 11) is 0. The Bertz CT molecular complexity index is 364. The monoisotopic (exact) mass is 300 g/mol. The second kappa shape index (κ2) is 7.20. The van der Waals surface area contributed by atoms with Gasteiger partial charge in [0.05, 0.1) is 12.1 Å². The fraction of sp³-hybridized carbons (Fsp3) is 0.857. The molecule has 2 saturated heterocycles. The van der Waals surface area contributed by atoms with Crippen molar-refractivity contribution in [1.82, 2.24) is 10.2 Å². The quantitative estimate of drug-likeness (QED) is 0.533. The van der Waals surface area contributed by atoms with Crippen LogP contribution in [0.5, 0.6) is 0 Å². The highest BCUT2D eigenvalue weighted by atomic mass is 32.2. The van der Waals surface area contributed by atoms with Gasteiger partial charge in [0.25, 0.3) is 0 Å². The summed E-state index contributed by atoms with van der Waals surface area (Å²) in [5, 5.41) is 12.2. The Hall–Kier alpha value is -0.910. The van der Waals surface area contributed by atoms with Gasteiger partial charge in [-0.05, 0) is 19.3 Å². The molecule has 2 aliphatic heterocycles. The van der Waals surface area contributed by atoms with Crippen LogP contribution in [0.2, 0.25) is 0 Å². The van der Waals surface area contributed by atoms with E-state index in [1.807, 2.05) is 16.7 Å². The maximum Gasteiger partial charge on any atom is 0.318 e. The summed E-state index contributed by atoms with van der Waals surface area (Å²) >= 11 is 1.93. The van der Waals surface area contributed by atoms with Crippen LogP contribution in [0.15, 0.2) is 0 Å². The molecular weight excluding hydrogens is 276 g/mol. The molecule has 0 radical (unpaired) electrons. The summed E-state index contributed by atoms with van der Waals surface area (Å²) in [5.74, 6) is 0.270. The molecule has 3 unspecified atom stereocenters. The Kier molecular flexibility index (Phi) is 5.57. The van der Waals surface area contributed by atoms with Crippen LogP contribution in [0.4, 0.5) is 4.79 Å². The predicted molar refractivity (Wildman–Crippen MR) is 80.1 cm³/mol. The Balaban J connectivity index is 1.84. The van der Waals surface area contributed by atoms with Gasteiger partial charge in [-0.1, -0.05) is 19.8 Å². The van der Waals surface area contributed by atoms with E-state index >= 15 is 0 Å². The van der Waals surface area contributed by atoms with Gasteiger partial charge in [0.15, 0.2) is 0 Å². The van der Waals surface area contributed by atoms with E-state index in [4.69, 9.17) is 5.11 Å². The summed E-state index contributed by atoms with van der Waals surface area (Å²) in [6.07, 6.45) is 5.08. The number of unbranched alkanes of at least 4 members (excludes halogenated alkanes) is 2. The number of fused-ring (bicyclic) bond motifs is 1. The van der Waals surface area contributed by atoms with Gasteiger partial charge < -0.3 is 15.3 Å². The van der Waals surface area contributed by atoms with E-state index in [0.717, 1.165) is 44.4 Å². The number of nitrogens with zero attached hydrogens (tertiary/aromatic N) is 1. The molecular formula is C14H24N2O3S. The van der Waals surface area contributed by atoms with Crippen LogP contribution in [0.3, 0.4) is 0 Å². The molecule has 0 spiro atoms. The minimum atomic E-state index is -0.718. The lowest BCUT2D eigenvalue weighted by molar-refractivity contribution is -0.137. The lowest BCUT2D eigenvalue weighted by atomic mass is 10.0. The molecule has 2 amide bonds. The third kappa shape index (κ3) is 3.59. The minimum Gasteiger partial charge on any atom is -0.481 e. The molecule has 0 saturated carbocycles. The number of nitrogens with one attached hydrogen (secondary N) is 1. The molecule has 0 aromatic carbocycles. The SMILES string of the molecule is CCCCN1C(=O)NC2CSC(CCCCC(=O)O)C21.